The molecule has 8 heteroatoms. The van der Waals surface area contributed by atoms with Gasteiger partial charge in [-0.15, -0.1) is 0 Å². The largest absolute Gasteiger partial charge is 0.341 e. The molecule has 4 amide bonds. The van der Waals surface area contributed by atoms with E-state index in [1.54, 1.807) is 24.3 Å². The third kappa shape index (κ3) is 5.70. The summed E-state index contributed by atoms with van der Waals surface area (Å²) in [6.07, 6.45) is 0. The highest BCUT2D eigenvalue weighted by atomic mass is 17.1. The number of anilines is 1. The van der Waals surface area contributed by atoms with E-state index in [0.717, 1.165) is 5.56 Å². The highest BCUT2D eigenvalue weighted by Gasteiger charge is 2.02. The lowest BCUT2D eigenvalue weighted by molar-refractivity contribution is -0.253. The Bertz CT molecular complexity index is 421. The average Bonchev–Trinajstić information content (AvgIpc) is 2.41. The molecule has 0 fully saturated rings. The Morgan fingerprint density at radius 1 is 1.16 bits per heavy atom. The maximum absolute atomic E-state index is 11.4. The lowest BCUT2D eigenvalue weighted by Crippen LogP contribution is -2.42. The van der Waals surface area contributed by atoms with Gasteiger partial charge in [0.05, 0.1) is 6.67 Å². The van der Waals surface area contributed by atoms with Crippen LogP contribution in [0.3, 0.4) is 0 Å². The number of hydrogen-bond acceptors (Lipinski definition) is 4. The van der Waals surface area contributed by atoms with Gasteiger partial charge in [-0.05, 0) is 17.7 Å². The minimum Gasteiger partial charge on any atom is -0.341 e. The lowest BCUT2D eigenvalue weighted by atomic mass is 10.2. The summed E-state index contributed by atoms with van der Waals surface area (Å²) in [5.74, 6) is 0. The molecular formula is C11H16N4O4. The lowest BCUT2D eigenvalue weighted by Gasteiger charge is -2.09. The summed E-state index contributed by atoms with van der Waals surface area (Å²) in [6.45, 7) is 0.102. The molecule has 1 rings (SSSR count). The van der Waals surface area contributed by atoms with Crippen LogP contribution in [0.1, 0.15) is 5.56 Å². The van der Waals surface area contributed by atoms with Gasteiger partial charge in [-0.1, -0.05) is 12.1 Å². The Balaban J connectivity index is 2.33. The van der Waals surface area contributed by atoms with Crippen LogP contribution in [0.2, 0.25) is 0 Å². The molecule has 104 valence electrons. The van der Waals surface area contributed by atoms with Crippen LogP contribution in [0.5, 0.6) is 0 Å². The molecule has 0 aromatic heterocycles. The molecule has 0 radical (unpaired) electrons. The fourth-order valence-electron chi connectivity index (χ4n) is 1.23. The summed E-state index contributed by atoms with van der Waals surface area (Å²) in [7, 11) is 1.48. The molecule has 5 N–H and O–H groups in total. The minimum atomic E-state index is -0.442. The van der Waals surface area contributed by atoms with Crippen LogP contribution in [0, 0.1) is 0 Å². The van der Waals surface area contributed by atoms with Gasteiger partial charge in [-0.25, -0.2) is 14.5 Å². The zero-order valence-corrected chi connectivity index (χ0v) is 10.4. The molecule has 0 unspecified atom stereocenters. The van der Waals surface area contributed by atoms with E-state index in [0.29, 0.717) is 5.69 Å². The molecule has 0 aliphatic heterocycles. The molecule has 0 atom stereocenters. The van der Waals surface area contributed by atoms with E-state index in [4.69, 9.17) is 5.26 Å². The third-order valence-corrected chi connectivity index (χ3v) is 2.17. The van der Waals surface area contributed by atoms with Crippen molar-refractivity contribution in [2.75, 3.05) is 19.0 Å². The Kier molecular flexibility index (Phi) is 6.13. The molecule has 0 heterocycles. The van der Waals surface area contributed by atoms with E-state index < -0.39 is 6.03 Å². The Morgan fingerprint density at radius 2 is 1.79 bits per heavy atom. The van der Waals surface area contributed by atoms with Crippen molar-refractivity contribution in [1.29, 1.82) is 0 Å². The number of carbonyl (C=O) groups excluding carboxylic acids is 2. The number of rotatable bonds is 5. The van der Waals surface area contributed by atoms with Crippen molar-refractivity contribution in [2.45, 2.75) is 6.61 Å². The summed E-state index contributed by atoms with van der Waals surface area (Å²) in [6, 6.07) is 5.92. The van der Waals surface area contributed by atoms with Gasteiger partial charge in [0.2, 0.25) is 0 Å². The van der Waals surface area contributed by atoms with Crippen LogP contribution < -0.4 is 21.3 Å². The molecule has 0 spiro atoms. The van der Waals surface area contributed by atoms with Gasteiger partial charge in [-0.2, -0.15) is 0 Å². The van der Waals surface area contributed by atoms with Crippen molar-refractivity contribution < 1.29 is 19.7 Å². The van der Waals surface area contributed by atoms with E-state index in [2.05, 4.69) is 26.2 Å². The number of hydrogen-bond donors (Lipinski definition) is 5. The van der Waals surface area contributed by atoms with Crippen LogP contribution in [0.15, 0.2) is 24.3 Å². The number of nitrogens with one attached hydrogen (secondary N) is 4. The molecule has 0 aliphatic carbocycles. The van der Waals surface area contributed by atoms with Crippen molar-refractivity contribution in [3.05, 3.63) is 29.8 Å². The molecule has 1 aromatic carbocycles. The summed E-state index contributed by atoms with van der Waals surface area (Å²) in [5.41, 5.74) is 1.36. The molecule has 0 aliphatic rings. The van der Waals surface area contributed by atoms with Crippen molar-refractivity contribution in [1.82, 2.24) is 16.0 Å². The van der Waals surface area contributed by atoms with Gasteiger partial charge < -0.3 is 21.3 Å². The Labute approximate surface area is 110 Å². The zero-order chi connectivity index (χ0) is 14.1. The fourth-order valence-corrected chi connectivity index (χ4v) is 1.23. The number of amides is 4. The third-order valence-electron chi connectivity index (χ3n) is 2.17. The summed E-state index contributed by atoms with van der Waals surface area (Å²) in [4.78, 5) is 26.2. The molecule has 19 heavy (non-hydrogen) atoms. The molecule has 8 nitrogen and oxygen atoms in total. The van der Waals surface area contributed by atoms with Gasteiger partial charge in [0.15, 0.2) is 0 Å². The van der Waals surface area contributed by atoms with Crippen LogP contribution in [0.25, 0.3) is 0 Å². The summed E-state index contributed by atoms with van der Waals surface area (Å²) in [5, 5.41) is 18.1. The predicted molar refractivity (Wildman–Crippen MR) is 68.5 cm³/mol. The fraction of sp³-hybridized carbons (Fsp3) is 0.273. The molecular weight excluding hydrogens is 252 g/mol. The highest BCUT2D eigenvalue weighted by Crippen LogP contribution is 2.09. The number of carbonyl (C=O) groups is 2. The van der Waals surface area contributed by atoms with E-state index in [9.17, 15) is 9.59 Å². The van der Waals surface area contributed by atoms with Crippen molar-refractivity contribution >= 4 is 17.7 Å². The van der Waals surface area contributed by atoms with E-state index in [1.165, 1.54) is 7.05 Å². The second kappa shape index (κ2) is 7.90. The molecule has 1 aromatic rings. The highest BCUT2D eigenvalue weighted by molar-refractivity contribution is 5.89. The van der Waals surface area contributed by atoms with E-state index in [1.807, 2.05) is 0 Å². The second-order valence-corrected chi connectivity index (χ2v) is 3.53. The van der Waals surface area contributed by atoms with Crippen LogP contribution in [-0.2, 0) is 11.5 Å². The van der Waals surface area contributed by atoms with E-state index in [-0.39, 0.29) is 19.3 Å². The maximum Gasteiger partial charge on any atom is 0.320 e. The zero-order valence-electron chi connectivity index (χ0n) is 10.4. The normalized spacial score (nSPS) is 9.58. The molecule has 0 saturated carbocycles. The molecule has 0 saturated heterocycles. The predicted octanol–water partition coefficient (Wildman–Crippen LogP) is 0.684. The van der Waals surface area contributed by atoms with Gasteiger partial charge in [0.25, 0.3) is 0 Å². The average molecular weight is 268 g/mol. The quantitative estimate of drug-likeness (QED) is 0.307. The monoisotopic (exact) mass is 268 g/mol. The first-order valence-corrected chi connectivity index (χ1v) is 5.51. The van der Waals surface area contributed by atoms with Crippen molar-refractivity contribution in [3.63, 3.8) is 0 Å². The van der Waals surface area contributed by atoms with Gasteiger partial charge in [0, 0.05) is 12.7 Å². The van der Waals surface area contributed by atoms with Gasteiger partial charge in [0.1, 0.15) is 6.61 Å². The maximum atomic E-state index is 11.4. The van der Waals surface area contributed by atoms with Crippen molar-refractivity contribution in [2.24, 2.45) is 0 Å². The van der Waals surface area contributed by atoms with Crippen LogP contribution >= 0.6 is 0 Å². The minimum absolute atomic E-state index is 0.0158. The van der Waals surface area contributed by atoms with Gasteiger partial charge in [-0.3, -0.25) is 5.26 Å². The summed E-state index contributed by atoms with van der Waals surface area (Å²) >= 11 is 0. The smallest absolute Gasteiger partial charge is 0.320 e. The van der Waals surface area contributed by atoms with Crippen LogP contribution in [-0.4, -0.2) is 31.0 Å². The number of benzene rings is 1. The standard InChI is InChI=1S/C11H16N4O4/c1-12-10(16)13-7-14-11(17)15-9-4-2-8(3-5-9)6-19-18/h2-5,18H,6-7H2,1H3,(H2,12,13,16)(H2,14,15,17). The van der Waals surface area contributed by atoms with Crippen LogP contribution in [0.4, 0.5) is 15.3 Å². The summed E-state index contributed by atoms with van der Waals surface area (Å²) < 4.78 is 0. The Hall–Kier alpha value is -2.32. The topological polar surface area (TPSA) is 112 Å². The number of urea groups is 2. The first kappa shape index (κ1) is 14.7. The molecule has 0 bridgehead atoms. The first-order chi connectivity index (χ1) is 9.15. The van der Waals surface area contributed by atoms with Gasteiger partial charge >= 0.3 is 12.1 Å². The Morgan fingerprint density at radius 3 is 2.37 bits per heavy atom. The first-order valence-electron chi connectivity index (χ1n) is 5.51. The second-order valence-electron chi connectivity index (χ2n) is 3.53. The SMILES string of the molecule is CNC(=O)NCNC(=O)Nc1ccc(COO)cc1. The van der Waals surface area contributed by atoms with E-state index >= 15 is 0 Å². The van der Waals surface area contributed by atoms with Crippen molar-refractivity contribution in [3.8, 4) is 0 Å².